The number of hydrogen-bond donors (Lipinski definition) is 2. The average Bonchev–Trinajstić information content (AvgIpc) is 3.24. The zero-order valence-corrected chi connectivity index (χ0v) is 17.7. The van der Waals surface area contributed by atoms with E-state index < -0.39 is 0 Å². The van der Waals surface area contributed by atoms with Gasteiger partial charge in [-0.3, -0.25) is 0 Å². The van der Waals surface area contributed by atoms with Gasteiger partial charge in [0.15, 0.2) is 0 Å². The highest BCUT2D eigenvalue weighted by molar-refractivity contribution is 7.09. The van der Waals surface area contributed by atoms with E-state index >= 15 is 0 Å². The smallest absolute Gasteiger partial charge is 0.319 e. The predicted molar refractivity (Wildman–Crippen MR) is 118 cm³/mol. The molecule has 7 nitrogen and oxygen atoms in total. The zero-order valence-electron chi connectivity index (χ0n) is 16.9. The van der Waals surface area contributed by atoms with Crippen molar-refractivity contribution in [3.63, 3.8) is 0 Å². The lowest BCUT2D eigenvalue weighted by Crippen LogP contribution is -2.58. The van der Waals surface area contributed by atoms with Gasteiger partial charge in [0.05, 0.1) is 5.54 Å². The van der Waals surface area contributed by atoms with Crippen molar-refractivity contribution in [2.45, 2.75) is 50.6 Å². The minimum atomic E-state index is -0.223. The van der Waals surface area contributed by atoms with Crippen molar-refractivity contribution in [2.24, 2.45) is 0 Å². The number of nitrogens with one attached hydrogen (secondary N) is 2. The Bertz CT molecular complexity index is 889. The summed E-state index contributed by atoms with van der Waals surface area (Å²) < 4.78 is 4.43. The molecule has 29 heavy (non-hydrogen) atoms. The van der Waals surface area contributed by atoms with Gasteiger partial charge in [-0.05, 0) is 31.7 Å². The number of anilines is 2. The van der Waals surface area contributed by atoms with Crippen LogP contribution in [0.5, 0.6) is 0 Å². The summed E-state index contributed by atoms with van der Waals surface area (Å²) in [6.07, 6.45) is 5.16. The van der Waals surface area contributed by atoms with Crippen LogP contribution in [-0.2, 0) is 12.0 Å². The molecule has 156 valence electrons. The highest BCUT2D eigenvalue weighted by Crippen LogP contribution is 2.40. The summed E-state index contributed by atoms with van der Waals surface area (Å²) in [4.78, 5) is 21.9. The molecule has 0 aliphatic carbocycles. The Morgan fingerprint density at radius 2 is 1.97 bits per heavy atom. The number of hydrogen-bond acceptors (Lipinski definition) is 6. The summed E-state index contributed by atoms with van der Waals surface area (Å²) in [6.45, 7) is 6.25. The van der Waals surface area contributed by atoms with Gasteiger partial charge in [-0.1, -0.05) is 25.1 Å². The van der Waals surface area contributed by atoms with E-state index in [9.17, 15) is 4.79 Å². The van der Waals surface area contributed by atoms with Crippen LogP contribution in [0.3, 0.4) is 0 Å². The Hall–Kier alpha value is -2.19. The van der Waals surface area contributed by atoms with Crippen molar-refractivity contribution >= 4 is 28.4 Å². The maximum Gasteiger partial charge on any atom is 0.319 e. The molecular weight excluding hydrogens is 384 g/mol. The quantitative estimate of drug-likeness (QED) is 0.805. The van der Waals surface area contributed by atoms with Gasteiger partial charge in [-0.25, -0.2) is 9.78 Å². The van der Waals surface area contributed by atoms with Crippen molar-refractivity contribution in [1.82, 2.24) is 19.6 Å². The number of urea groups is 1. The van der Waals surface area contributed by atoms with Gasteiger partial charge in [-0.15, -0.1) is 0 Å². The number of amides is 2. The Labute approximate surface area is 177 Å². The van der Waals surface area contributed by atoms with E-state index in [1.807, 2.05) is 12.1 Å². The minimum Gasteiger partial charge on any atom is -0.347 e. The molecule has 2 saturated heterocycles. The van der Waals surface area contributed by atoms with Crippen molar-refractivity contribution in [3.05, 3.63) is 35.7 Å². The topological polar surface area (TPSA) is 73.4 Å². The maximum atomic E-state index is 12.2. The molecule has 0 bridgehead atoms. The van der Waals surface area contributed by atoms with Crippen LogP contribution in [0.25, 0.3) is 0 Å². The van der Waals surface area contributed by atoms with E-state index in [4.69, 9.17) is 0 Å². The standard InChI is InChI=1S/C21H28N6OS.H2/c1-2-18-23-20(29-25-18)27-11-7-15(8-12-27)26-13-9-21(10-14-26)16-5-3-4-6-17(16)22-19(28)24-21;/h3-6,15H,2,7-14H2,1H3,(H2,22,24,28);1H. The van der Waals surface area contributed by atoms with Gasteiger partial charge in [0.25, 0.3) is 0 Å². The summed E-state index contributed by atoms with van der Waals surface area (Å²) in [5.41, 5.74) is 1.97. The number of aryl methyl sites for hydroxylation is 1. The van der Waals surface area contributed by atoms with Crippen LogP contribution in [0, 0.1) is 0 Å². The lowest BCUT2D eigenvalue weighted by molar-refractivity contribution is 0.0888. The van der Waals surface area contributed by atoms with Gasteiger partial charge >= 0.3 is 6.03 Å². The number of aromatic nitrogens is 2. The monoisotopic (exact) mass is 414 g/mol. The highest BCUT2D eigenvalue weighted by Gasteiger charge is 2.43. The number of para-hydroxylation sites is 1. The first-order valence-corrected chi connectivity index (χ1v) is 11.4. The third kappa shape index (κ3) is 3.48. The molecule has 1 spiro atoms. The summed E-state index contributed by atoms with van der Waals surface area (Å²) in [6, 6.07) is 8.77. The first kappa shape index (κ1) is 18.8. The highest BCUT2D eigenvalue weighted by atomic mass is 32.1. The summed E-state index contributed by atoms with van der Waals surface area (Å²) in [5, 5.41) is 7.28. The van der Waals surface area contributed by atoms with Gasteiger partial charge < -0.3 is 20.4 Å². The lowest BCUT2D eigenvalue weighted by Gasteiger charge is -2.48. The zero-order chi connectivity index (χ0) is 19.8. The molecule has 1 aromatic carbocycles. The number of benzene rings is 1. The average molecular weight is 415 g/mol. The van der Waals surface area contributed by atoms with Crippen molar-refractivity contribution in [3.8, 4) is 0 Å². The Balaban J connectivity index is 0.00000218. The first-order chi connectivity index (χ1) is 14.2. The molecule has 2 aromatic rings. The molecule has 2 fully saturated rings. The Morgan fingerprint density at radius 3 is 2.69 bits per heavy atom. The fraction of sp³-hybridized carbons (Fsp3) is 0.571. The fourth-order valence-electron chi connectivity index (χ4n) is 5.05. The Morgan fingerprint density at radius 1 is 1.21 bits per heavy atom. The molecule has 3 aliphatic rings. The van der Waals surface area contributed by atoms with E-state index in [1.165, 1.54) is 29.9 Å². The number of rotatable bonds is 3. The van der Waals surface area contributed by atoms with Crippen LogP contribution >= 0.6 is 11.5 Å². The van der Waals surface area contributed by atoms with Crippen LogP contribution in [0.15, 0.2) is 24.3 Å². The molecular formula is C21H30N6OS. The second-order valence-electron chi connectivity index (χ2n) is 8.31. The molecule has 2 N–H and O–H groups in total. The van der Waals surface area contributed by atoms with E-state index in [0.717, 1.165) is 62.1 Å². The number of likely N-dealkylation sites (tertiary alicyclic amines) is 1. The van der Waals surface area contributed by atoms with Gasteiger partial charge in [-0.2, -0.15) is 4.37 Å². The van der Waals surface area contributed by atoms with Crippen LogP contribution in [0.4, 0.5) is 15.6 Å². The number of carbonyl (C=O) groups is 1. The third-order valence-electron chi connectivity index (χ3n) is 6.72. The number of nitrogens with zero attached hydrogens (tertiary/aromatic N) is 4. The third-order valence-corrected chi connectivity index (χ3v) is 7.54. The number of carbonyl (C=O) groups excluding carboxylic acids is 1. The van der Waals surface area contributed by atoms with E-state index in [-0.39, 0.29) is 13.0 Å². The van der Waals surface area contributed by atoms with Crippen LogP contribution in [0.2, 0.25) is 0 Å². The van der Waals surface area contributed by atoms with E-state index in [1.54, 1.807) is 0 Å². The number of fused-ring (bicyclic) bond motifs is 2. The van der Waals surface area contributed by atoms with Crippen LogP contribution < -0.4 is 15.5 Å². The SMILES string of the molecule is CCc1nsc(N2CCC(N3CCC4(CC3)NC(=O)Nc3ccccc34)CC2)n1.[HH]. The second kappa shape index (κ2) is 7.57. The normalized spacial score (nSPS) is 22.2. The summed E-state index contributed by atoms with van der Waals surface area (Å²) in [7, 11) is 0. The van der Waals surface area contributed by atoms with Gasteiger partial charge in [0, 0.05) is 62.9 Å². The van der Waals surface area contributed by atoms with Crippen molar-refractivity contribution in [1.29, 1.82) is 0 Å². The molecule has 3 aliphatic heterocycles. The molecule has 5 rings (SSSR count). The summed E-state index contributed by atoms with van der Waals surface area (Å²) in [5.74, 6) is 0.956. The van der Waals surface area contributed by atoms with Crippen LogP contribution in [-0.4, -0.2) is 52.5 Å². The maximum absolute atomic E-state index is 12.2. The molecule has 0 unspecified atom stereocenters. The van der Waals surface area contributed by atoms with E-state index in [0.29, 0.717) is 6.04 Å². The largest absolute Gasteiger partial charge is 0.347 e. The second-order valence-corrected chi connectivity index (χ2v) is 9.04. The molecule has 2 amide bonds. The van der Waals surface area contributed by atoms with Crippen molar-refractivity contribution in [2.75, 3.05) is 36.4 Å². The molecule has 1 aromatic heterocycles. The van der Waals surface area contributed by atoms with Crippen LogP contribution in [0.1, 0.15) is 45.4 Å². The molecule has 4 heterocycles. The lowest BCUT2D eigenvalue weighted by atomic mass is 9.78. The van der Waals surface area contributed by atoms with Gasteiger partial charge in [0.1, 0.15) is 5.82 Å². The molecule has 0 atom stereocenters. The minimum absolute atomic E-state index is 0. The first-order valence-electron chi connectivity index (χ1n) is 10.7. The predicted octanol–water partition coefficient (Wildman–Crippen LogP) is 3.44. The number of piperidine rings is 2. The van der Waals surface area contributed by atoms with Gasteiger partial charge in [0.2, 0.25) is 5.13 Å². The summed E-state index contributed by atoms with van der Waals surface area (Å²) >= 11 is 1.53. The Kier molecular flexibility index (Phi) is 4.91. The molecule has 0 saturated carbocycles. The van der Waals surface area contributed by atoms with E-state index in [2.05, 4.69) is 48.8 Å². The van der Waals surface area contributed by atoms with Crippen molar-refractivity contribution < 1.29 is 6.22 Å². The fourth-order valence-corrected chi connectivity index (χ4v) is 5.85. The molecule has 8 heteroatoms. The molecule has 0 radical (unpaired) electrons.